The van der Waals surface area contributed by atoms with Gasteiger partial charge in [0.1, 0.15) is 0 Å². The average molecular weight is 503 g/mol. The SMILES string of the molecule is C=C=C(C1C=CC([C@](C)(O)CSC2=CC=CC3CCCNC23)=CC1)N1CCN(c2cccnc2)CC1. The topological polar surface area (TPSA) is 51.6 Å². The Morgan fingerprint density at radius 2 is 2.17 bits per heavy atom. The fraction of sp³-hybridized carbons (Fsp3) is 0.467. The van der Waals surface area contributed by atoms with Crippen LogP contribution < -0.4 is 10.2 Å². The first-order chi connectivity index (χ1) is 17.5. The van der Waals surface area contributed by atoms with E-state index in [1.807, 2.05) is 25.4 Å². The van der Waals surface area contributed by atoms with Gasteiger partial charge in [0.25, 0.3) is 0 Å². The molecule has 5 rings (SSSR count). The van der Waals surface area contributed by atoms with E-state index in [-0.39, 0.29) is 5.92 Å². The van der Waals surface area contributed by atoms with Gasteiger partial charge in [-0.2, -0.15) is 0 Å². The molecule has 4 atom stereocenters. The average Bonchev–Trinajstić information content (AvgIpc) is 2.93. The van der Waals surface area contributed by atoms with Crippen molar-refractivity contribution in [3.05, 3.63) is 89.5 Å². The van der Waals surface area contributed by atoms with E-state index in [0.29, 0.717) is 17.7 Å². The lowest BCUT2D eigenvalue weighted by molar-refractivity contribution is 0.128. The van der Waals surface area contributed by atoms with Crippen LogP contribution in [0.3, 0.4) is 0 Å². The van der Waals surface area contributed by atoms with Gasteiger partial charge in [0.15, 0.2) is 0 Å². The summed E-state index contributed by atoms with van der Waals surface area (Å²) in [6.07, 6.45) is 20.4. The van der Waals surface area contributed by atoms with Gasteiger partial charge < -0.3 is 20.2 Å². The van der Waals surface area contributed by atoms with Crippen molar-refractivity contribution >= 4 is 17.4 Å². The fourth-order valence-corrected chi connectivity index (χ4v) is 6.95. The quantitative estimate of drug-likeness (QED) is 0.528. The van der Waals surface area contributed by atoms with Gasteiger partial charge in [-0.25, -0.2) is 0 Å². The molecule has 0 amide bonds. The molecule has 1 aromatic rings. The number of nitrogens with one attached hydrogen (secondary N) is 1. The number of fused-ring (bicyclic) bond motifs is 1. The summed E-state index contributed by atoms with van der Waals surface area (Å²) >= 11 is 1.79. The van der Waals surface area contributed by atoms with E-state index >= 15 is 0 Å². The van der Waals surface area contributed by atoms with Gasteiger partial charge in [-0.15, -0.1) is 17.5 Å². The molecule has 6 heteroatoms. The lowest BCUT2D eigenvalue weighted by Crippen LogP contribution is -2.46. The third kappa shape index (κ3) is 5.57. The molecule has 190 valence electrons. The maximum atomic E-state index is 11.4. The minimum atomic E-state index is -0.869. The highest BCUT2D eigenvalue weighted by atomic mass is 32.2. The smallest absolute Gasteiger partial charge is 0.0958 e. The molecule has 0 bridgehead atoms. The highest BCUT2D eigenvalue weighted by Gasteiger charge is 2.32. The Morgan fingerprint density at radius 1 is 1.31 bits per heavy atom. The summed E-state index contributed by atoms with van der Waals surface area (Å²) in [5.41, 5.74) is 5.72. The molecule has 0 saturated carbocycles. The van der Waals surface area contributed by atoms with Gasteiger partial charge >= 0.3 is 0 Å². The summed E-state index contributed by atoms with van der Waals surface area (Å²) in [7, 11) is 0. The molecule has 2 N–H and O–H groups in total. The van der Waals surface area contributed by atoms with Crippen LogP contribution in [0.2, 0.25) is 0 Å². The fourth-order valence-electron chi connectivity index (χ4n) is 5.72. The molecule has 1 aromatic heterocycles. The second-order valence-electron chi connectivity index (χ2n) is 10.4. The maximum Gasteiger partial charge on any atom is 0.0958 e. The zero-order chi connectivity index (χ0) is 25.0. The number of piperidine rings is 1. The Morgan fingerprint density at radius 3 is 2.89 bits per heavy atom. The first-order valence-electron chi connectivity index (χ1n) is 13.2. The van der Waals surface area contributed by atoms with E-state index in [9.17, 15) is 5.11 Å². The zero-order valence-electron chi connectivity index (χ0n) is 21.3. The predicted molar refractivity (Wildman–Crippen MR) is 151 cm³/mol. The molecule has 5 nitrogen and oxygen atoms in total. The van der Waals surface area contributed by atoms with Crippen molar-refractivity contribution in [2.75, 3.05) is 43.4 Å². The summed E-state index contributed by atoms with van der Waals surface area (Å²) in [4.78, 5) is 10.4. The van der Waals surface area contributed by atoms with E-state index in [2.05, 4.69) is 74.9 Å². The Bertz CT molecular complexity index is 1090. The monoisotopic (exact) mass is 502 g/mol. The maximum absolute atomic E-state index is 11.4. The van der Waals surface area contributed by atoms with Crippen LogP contribution in [0, 0.1) is 11.8 Å². The third-order valence-corrected chi connectivity index (χ3v) is 9.27. The van der Waals surface area contributed by atoms with Crippen LogP contribution in [-0.4, -0.2) is 65.1 Å². The number of hydrogen-bond donors (Lipinski definition) is 2. The Balaban J connectivity index is 1.15. The van der Waals surface area contributed by atoms with Gasteiger partial charge in [-0.1, -0.05) is 43.0 Å². The molecule has 0 aromatic carbocycles. The normalized spacial score (nSPS) is 27.4. The van der Waals surface area contributed by atoms with Crippen molar-refractivity contribution in [1.29, 1.82) is 0 Å². The molecule has 0 radical (unpaired) electrons. The largest absolute Gasteiger partial charge is 0.385 e. The summed E-state index contributed by atoms with van der Waals surface area (Å²) in [5.74, 6) is 1.48. The summed E-state index contributed by atoms with van der Waals surface area (Å²) in [6.45, 7) is 10.9. The van der Waals surface area contributed by atoms with Crippen molar-refractivity contribution in [2.45, 2.75) is 37.8 Å². The molecule has 4 aliphatic rings. The van der Waals surface area contributed by atoms with E-state index in [1.165, 1.54) is 23.4 Å². The molecule has 2 saturated heterocycles. The van der Waals surface area contributed by atoms with Crippen LogP contribution in [0.4, 0.5) is 5.69 Å². The van der Waals surface area contributed by atoms with Crippen LogP contribution in [0.15, 0.2) is 89.5 Å². The van der Waals surface area contributed by atoms with Crippen molar-refractivity contribution in [2.24, 2.45) is 11.8 Å². The van der Waals surface area contributed by atoms with Gasteiger partial charge in [0, 0.05) is 55.0 Å². The standard InChI is InChI=1S/C30H38N4OS/c1-3-27(34-19-17-33(18-20-34)26-9-6-15-31-21-26)23-11-13-25(14-12-23)30(2,35)22-36-28-10-4-7-24-8-5-16-32-29(24)28/h4,6-7,9-11,13-15,21,23-24,29,32,35H,1,5,8,12,16-20,22H2,2H3/t23?,24?,29?,30-/m1/s1. The lowest BCUT2D eigenvalue weighted by atomic mass is 9.87. The number of allylic oxidation sites excluding steroid dienone is 4. The van der Waals surface area contributed by atoms with Crippen molar-refractivity contribution in [1.82, 2.24) is 15.2 Å². The number of anilines is 1. The molecular formula is C30H38N4OS. The minimum Gasteiger partial charge on any atom is -0.385 e. The molecular weight excluding hydrogens is 464 g/mol. The number of rotatable bonds is 7. The second-order valence-corrected chi connectivity index (χ2v) is 11.4. The first kappa shape index (κ1) is 25.2. The van der Waals surface area contributed by atoms with Crippen LogP contribution in [0.5, 0.6) is 0 Å². The van der Waals surface area contributed by atoms with E-state index < -0.39 is 5.60 Å². The molecule has 3 heterocycles. The van der Waals surface area contributed by atoms with Gasteiger partial charge in [0.2, 0.25) is 0 Å². The molecule has 2 fully saturated rings. The molecule has 2 aliphatic carbocycles. The number of thioether (sulfide) groups is 1. The third-order valence-electron chi connectivity index (χ3n) is 7.84. The summed E-state index contributed by atoms with van der Waals surface area (Å²) < 4.78 is 0. The predicted octanol–water partition coefficient (Wildman–Crippen LogP) is 4.68. The van der Waals surface area contributed by atoms with Crippen molar-refractivity contribution < 1.29 is 5.11 Å². The molecule has 0 spiro atoms. The van der Waals surface area contributed by atoms with Crippen LogP contribution >= 0.6 is 11.8 Å². The van der Waals surface area contributed by atoms with Crippen molar-refractivity contribution in [3.8, 4) is 0 Å². The van der Waals surface area contributed by atoms with Crippen LogP contribution in [0.25, 0.3) is 0 Å². The van der Waals surface area contributed by atoms with Gasteiger partial charge in [-0.05, 0) is 56.4 Å². The Labute approximate surface area is 220 Å². The van der Waals surface area contributed by atoms with E-state index in [0.717, 1.165) is 50.4 Å². The van der Waals surface area contributed by atoms with E-state index in [1.54, 1.807) is 11.8 Å². The highest BCUT2D eigenvalue weighted by Crippen LogP contribution is 2.37. The van der Waals surface area contributed by atoms with E-state index in [4.69, 9.17) is 0 Å². The summed E-state index contributed by atoms with van der Waals surface area (Å²) in [6, 6.07) is 4.52. The second kappa shape index (κ2) is 11.3. The highest BCUT2D eigenvalue weighted by molar-refractivity contribution is 8.03. The zero-order valence-corrected chi connectivity index (χ0v) is 22.1. The minimum absolute atomic E-state index is 0.248. The Hall–Kier alpha value is -2.50. The first-order valence-corrected chi connectivity index (χ1v) is 14.2. The number of aromatic nitrogens is 1. The van der Waals surface area contributed by atoms with Gasteiger partial charge in [-0.3, -0.25) is 4.98 Å². The molecule has 36 heavy (non-hydrogen) atoms. The van der Waals surface area contributed by atoms with Crippen LogP contribution in [0.1, 0.15) is 26.2 Å². The number of hydrogen-bond acceptors (Lipinski definition) is 6. The lowest BCUT2D eigenvalue weighted by Gasteiger charge is -2.39. The Kier molecular flexibility index (Phi) is 7.87. The number of piperazine rings is 1. The van der Waals surface area contributed by atoms with Gasteiger partial charge in [0.05, 0.1) is 23.2 Å². The number of aliphatic hydroxyl groups is 1. The number of nitrogens with zero attached hydrogens (tertiary/aromatic N) is 3. The summed E-state index contributed by atoms with van der Waals surface area (Å²) in [5, 5.41) is 15.1. The molecule has 2 aliphatic heterocycles. The van der Waals surface area contributed by atoms with Crippen molar-refractivity contribution in [3.63, 3.8) is 0 Å². The molecule has 3 unspecified atom stereocenters. The van der Waals surface area contributed by atoms with Crippen LogP contribution in [-0.2, 0) is 0 Å². The number of pyridine rings is 1.